The Morgan fingerprint density at radius 3 is 2.23 bits per heavy atom. The van der Waals surface area contributed by atoms with Crippen LogP contribution < -0.4 is 11.1 Å². The van der Waals surface area contributed by atoms with Crippen molar-refractivity contribution < 1.29 is 0 Å². The van der Waals surface area contributed by atoms with Crippen molar-refractivity contribution in [2.45, 2.75) is 19.6 Å². The lowest BCUT2D eigenvalue weighted by Gasteiger charge is -2.06. The van der Waals surface area contributed by atoms with Crippen LogP contribution in [0.2, 0.25) is 0 Å². The quantitative estimate of drug-likeness (QED) is 0.482. The van der Waals surface area contributed by atoms with Crippen LogP contribution in [0.4, 0.5) is 5.69 Å². The number of nitrogens with two attached hydrogens (primary N) is 1. The van der Waals surface area contributed by atoms with Crippen LogP contribution in [0.5, 0.6) is 0 Å². The van der Waals surface area contributed by atoms with Gasteiger partial charge in [0.15, 0.2) is 5.96 Å². The molecule has 0 saturated carbocycles. The van der Waals surface area contributed by atoms with Gasteiger partial charge in [-0.25, -0.2) is 0 Å². The van der Waals surface area contributed by atoms with Crippen LogP contribution in [-0.4, -0.2) is 18.3 Å². The maximum absolute atomic E-state index is 5.88. The highest BCUT2D eigenvalue weighted by molar-refractivity contribution is 7.98. The van der Waals surface area contributed by atoms with Crippen LogP contribution >= 0.6 is 11.8 Å². The lowest BCUT2D eigenvalue weighted by atomic mass is 10.2. The van der Waals surface area contributed by atoms with E-state index in [1.54, 1.807) is 0 Å². The number of hydrogen-bond acceptors (Lipinski definition) is 2. The minimum absolute atomic E-state index is 0.472. The van der Waals surface area contributed by atoms with Crippen molar-refractivity contribution in [3.8, 4) is 0 Å². The number of nitrogens with one attached hydrogen (secondary N) is 1. The second kappa shape index (κ2) is 8.49. The molecule has 0 spiro atoms. The van der Waals surface area contributed by atoms with Gasteiger partial charge < -0.3 is 11.1 Å². The molecule has 116 valence electrons. The van der Waals surface area contributed by atoms with E-state index in [9.17, 15) is 0 Å². The maximum atomic E-state index is 5.88. The molecule has 4 heteroatoms. The molecule has 0 aliphatic heterocycles. The number of thioether (sulfide) groups is 1. The standard InChI is InChI=1S/C18H23N3S/c1-14-3-7-16(8-4-14)13-22-12-11-20-18(19)21-17-9-5-15(2)6-10-17/h3-10H,11-13H2,1-2H3,(H3,19,20,21). The normalized spacial score (nSPS) is 11.5. The van der Waals surface area contributed by atoms with Crippen molar-refractivity contribution in [3.63, 3.8) is 0 Å². The van der Waals surface area contributed by atoms with Crippen molar-refractivity contribution in [1.82, 2.24) is 0 Å². The first kappa shape index (κ1) is 16.4. The average Bonchev–Trinajstić information content (AvgIpc) is 2.51. The number of anilines is 1. The summed E-state index contributed by atoms with van der Waals surface area (Å²) in [6.45, 7) is 4.89. The Morgan fingerprint density at radius 1 is 1.00 bits per heavy atom. The molecular formula is C18H23N3S. The van der Waals surface area contributed by atoms with Gasteiger partial charge in [0.05, 0.1) is 6.54 Å². The lowest BCUT2D eigenvalue weighted by Crippen LogP contribution is -2.23. The van der Waals surface area contributed by atoms with Crippen molar-refractivity contribution in [2.75, 3.05) is 17.6 Å². The third kappa shape index (κ3) is 5.82. The zero-order valence-electron chi connectivity index (χ0n) is 13.2. The van der Waals surface area contributed by atoms with Gasteiger partial charge in [0.25, 0.3) is 0 Å². The summed E-state index contributed by atoms with van der Waals surface area (Å²) in [4.78, 5) is 4.35. The molecule has 0 bridgehead atoms. The molecule has 2 aromatic rings. The molecule has 0 saturated heterocycles. The van der Waals surface area contributed by atoms with Crippen molar-refractivity contribution in [1.29, 1.82) is 0 Å². The first-order valence-electron chi connectivity index (χ1n) is 7.40. The van der Waals surface area contributed by atoms with E-state index in [2.05, 4.69) is 48.4 Å². The average molecular weight is 313 g/mol. The van der Waals surface area contributed by atoms with Crippen LogP contribution in [0.15, 0.2) is 53.5 Å². The number of aryl methyl sites for hydroxylation is 2. The van der Waals surface area contributed by atoms with Crippen LogP contribution in [0.3, 0.4) is 0 Å². The molecule has 0 aliphatic rings. The van der Waals surface area contributed by atoms with Gasteiger partial charge in [-0.15, -0.1) is 0 Å². The Morgan fingerprint density at radius 2 is 1.59 bits per heavy atom. The van der Waals surface area contributed by atoms with E-state index >= 15 is 0 Å². The van der Waals surface area contributed by atoms with Gasteiger partial charge in [0, 0.05) is 17.2 Å². The first-order valence-corrected chi connectivity index (χ1v) is 8.56. The van der Waals surface area contributed by atoms with E-state index < -0.39 is 0 Å². The molecule has 3 N–H and O–H groups in total. The van der Waals surface area contributed by atoms with E-state index in [1.165, 1.54) is 16.7 Å². The van der Waals surface area contributed by atoms with Crippen molar-refractivity contribution in [2.24, 2.45) is 10.7 Å². The van der Waals surface area contributed by atoms with Crippen LogP contribution in [0.25, 0.3) is 0 Å². The summed E-state index contributed by atoms with van der Waals surface area (Å²) < 4.78 is 0. The summed E-state index contributed by atoms with van der Waals surface area (Å²) in [5.74, 6) is 2.45. The fraction of sp³-hybridized carbons (Fsp3) is 0.278. The Labute approximate surface area is 137 Å². The second-order valence-electron chi connectivity index (χ2n) is 5.30. The minimum Gasteiger partial charge on any atom is -0.370 e. The lowest BCUT2D eigenvalue weighted by molar-refractivity contribution is 1.13. The zero-order chi connectivity index (χ0) is 15.8. The molecule has 0 radical (unpaired) electrons. The van der Waals surface area contributed by atoms with Gasteiger partial charge in [-0.1, -0.05) is 47.5 Å². The number of guanidine groups is 1. The summed E-state index contributed by atoms with van der Waals surface area (Å²) in [5.41, 5.74) is 10.7. The van der Waals surface area contributed by atoms with E-state index in [4.69, 9.17) is 5.73 Å². The molecule has 0 atom stereocenters. The summed E-state index contributed by atoms with van der Waals surface area (Å²) in [6.07, 6.45) is 0. The second-order valence-corrected chi connectivity index (χ2v) is 6.40. The molecular weight excluding hydrogens is 290 g/mol. The first-order chi connectivity index (χ1) is 10.6. The maximum Gasteiger partial charge on any atom is 0.193 e. The molecule has 2 aromatic carbocycles. The highest BCUT2D eigenvalue weighted by Gasteiger charge is 1.96. The summed E-state index contributed by atoms with van der Waals surface area (Å²) >= 11 is 1.87. The molecule has 3 nitrogen and oxygen atoms in total. The third-order valence-electron chi connectivity index (χ3n) is 3.23. The smallest absolute Gasteiger partial charge is 0.193 e. The topological polar surface area (TPSA) is 50.4 Å². The summed E-state index contributed by atoms with van der Waals surface area (Å²) in [5, 5.41) is 3.10. The molecule has 2 rings (SSSR count). The highest BCUT2D eigenvalue weighted by Crippen LogP contribution is 2.13. The zero-order valence-corrected chi connectivity index (χ0v) is 14.0. The predicted octanol–water partition coefficient (Wildman–Crippen LogP) is 3.96. The number of benzene rings is 2. The van der Waals surface area contributed by atoms with Crippen molar-refractivity contribution >= 4 is 23.4 Å². The summed E-state index contributed by atoms with van der Waals surface area (Å²) in [6, 6.07) is 16.8. The molecule has 0 amide bonds. The van der Waals surface area contributed by atoms with E-state index in [0.29, 0.717) is 5.96 Å². The minimum atomic E-state index is 0.472. The van der Waals surface area contributed by atoms with Gasteiger partial charge >= 0.3 is 0 Å². The SMILES string of the molecule is Cc1ccc(CSCCN=C(N)Nc2ccc(C)cc2)cc1. The van der Waals surface area contributed by atoms with Gasteiger partial charge in [0.1, 0.15) is 0 Å². The molecule has 0 aliphatic carbocycles. The fourth-order valence-corrected chi connectivity index (χ4v) is 2.72. The predicted molar refractivity (Wildman–Crippen MR) is 98.6 cm³/mol. The molecule has 0 fully saturated rings. The number of nitrogens with zero attached hydrogens (tertiary/aromatic N) is 1. The molecule has 22 heavy (non-hydrogen) atoms. The number of aliphatic imine (C=N–C) groups is 1. The molecule has 0 heterocycles. The largest absolute Gasteiger partial charge is 0.370 e. The Hall–Kier alpha value is -1.94. The van der Waals surface area contributed by atoms with E-state index in [-0.39, 0.29) is 0 Å². The summed E-state index contributed by atoms with van der Waals surface area (Å²) in [7, 11) is 0. The number of hydrogen-bond donors (Lipinski definition) is 2. The van der Waals surface area contributed by atoms with E-state index in [0.717, 1.165) is 23.7 Å². The van der Waals surface area contributed by atoms with E-state index in [1.807, 2.05) is 36.0 Å². The van der Waals surface area contributed by atoms with Gasteiger partial charge in [-0.3, -0.25) is 4.99 Å². The van der Waals surface area contributed by atoms with Crippen LogP contribution in [0, 0.1) is 13.8 Å². The Bertz CT molecular complexity index is 603. The monoisotopic (exact) mass is 313 g/mol. The third-order valence-corrected chi connectivity index (χ3v) is 4.24. The van der Waals surface area contributed by atoms with Crippen molar-refractivity contribution in [3.05, 3.63) is 65.2 Å². The number of rotatable bonds is 6. The molecule has 0 aromatic heterocycles. The molecule has 0 unspecified atom stereocenters. The van der Waals surface area contributed by atoms with Gasteiger partial charge in [0.2, 0.25) is 0 Å². The highest BCUT2D eigenvalue weighted by atomic mass is 32.2. The van der Waals surface area contributed by atoms with Crippen LogP contribution in [-0.2, 0) is 5.75 Å². The fourth-order valence-electron chi connectivity index (χ4n) is 1.93. The van der Waals surface area contributed by atoms with Gasteiger partial charge in [-0.2, -0.15) is 11.8 Å². The Balaban J connectivity index is 1.68. The van der Waals surface area contributed by atoms with Crippen LogP contribution in [0.1, 0.15) is 16.7 Å². The van der Waals surface area contributed by atoms with Gasteiger partial charge in [-0.05, 0) is 31.5 Å². The Kier molecular flexibility index (Phi) is 6.34.